The van der Waals surface area contributed by atoms with E-state index in [1.165, 1.54) is 0 Å². The summed E-state index contributed by atoms with van der Waals surface area (Å²) in [6, 6.07) is 0. The second kappa shape index (κ2) is 5.97. The SMILES string of the molecule is C=CC(=C)CCC(C)(F)CCN(C)C. The Morgan fingerprint density at radius 2 is 2.00 bits per heavy atom. The van der Waals surface area contributed by atoms with Crippen LogP contribution in [0.3, 0.4) is 0 Å². The molecule has 0 amide bonds. The van der Waals surface area contributed by atoms with Crippen LogP contribution in [0.2, 0.25) is 0 Å². The lowest BCUT2D eigenvalue weighted by molar-refractivity contribution is 0.146. The fraction of sp³-hybridized carbons (Fsp3) is 0.667. The van der Waals surface area contributed by atoms with Crippen LogP contribution in [0.25, 0.3) is 0 Å². The number of nitrogens with zero attached hydrogens (tertiary/aromatic N) is 1. The number of rotatable bonds is 7. The first-order chi connectivity index (χ1) is 6.37. The van der Waals surface area contributed by atoms with Crippen molar-refractivity contribution in [3.05, 3.63) is 24.8 Å². The monoisotopic (exact) mass is 199 g/mol. The molecule has 0 aromatic rings. The van der Waals surface area contributed by atoms with Crippen molar-refractivity contribution < 1.29 is 4.39 Å². The predicted octanol–water partition coefficient (Wildman–Crippen LogP) is 3.19. The summed E-state index contributed by atoms with van der Waals surface area (Å²) >= 11 is 0. The van der Waals surface area contributed by atoms with Crippen molar-refractivity contribution >= 4 is 0 Å². The minimum absolute atomic E-state index is 0.533. The molecule has 1 atom stereocenters. The van der Waals surface area contributed by atoms with Gasteiger partial charge in [0.1, 0.15) is 5.67 Å². The maximum absolute atomic E-state index is 13.8. The van der Waals surface area contributed by atoms with Crippen LogP contribution in [0.4, 0.5) is 4.39 Å². The molecule has 0 rings (SSSR count). The highest BCUT2D eigenvalue weighted by atomic mass is 19.1. The van der Waals surface area contributed by atoms with Gasteiger partial charge in [-0.3, -0.25) is 0 Å². The lowest BCUT2D eigenvalue weighted by Crippen LogP contribution is -2.25. The standard InChI is InChI=1S/C12H22FN/c1-6-11(2)7-8-12(3,13)9-10-14(4)5/h6H,1-2,7-10H2,3-5H3. The molecule has 0 radical (unpaired) electrons. The molecule has 0 bridgehead atoms. The van der Waals surface area contributed by atoms with Gasteiger partial charge in [-0.2, -0.15) is 0 Å². The van der Waals surface area contributed by atoms with Gasteiger partial charge in [0, 0.05) is 6.54 Å². The zero-order valence-electron chi connectivity index (χ0n) is 9.65. The molecule has 0 N–H and O–H groups in total. The van der Waals surface area contributed by atoms with E-state index in [9.17, 15) is 4.39 Å². The van der Waals surface area contributed by atoms with Gasteiger partial charge < -0.3 is 4.90 Å². The largest absolute Gasteiger partial charge is 0.309 e. The van der Waals surface area contributed by atoms with Gasteiger partial charge in [-0.25, -0.2) is 4.39 Å². The molecule has 0 aromatic carbocycles. The predicted molar refractivity (Wildman–Crippen MR) is 61.3 cm³/mol. The highest BCUT2D eigenvalue weighted by Crippen LogP contribution is 2.24. The van der Waals surface area contributed by atoms with Crippen molar-refractivity contribution in [2.45, 2.75) is 31.9 Å². The molecule has 0 aliphatic rings. The van der Waals surface area contributed by atoms with E-state index in [0.717, 1.165) is 12.1 Å². The highest BCUT2D eigenvalue weighted by molar-refractivity contribution is 5.11. The first kappa shape index (κ1) is 13.4. The van der Waals surface area contributed by atoms with Crippen LogP contribution in [-0.4, -0.2) is 31.2 Å². The maximum Gasteiger partial charge on any atom is 0.109 e. The molecule has 82 valence electrons. The first-order valence-electron chi connectivity index (χ1n) is 5.01. The number of halogens is 1. The lowest BCUT2D eigenvalue weighted by atomic mass is 9.95. The Hall–Kier alpha value is -0.630. The second-order valence-corrected chi connectivity index (χ2v) is 4.33. The van der Waals surface area contributed by atoms with Crippen molar-refractivity contribution in [2.75, 3.05) is 20.6 Å². The van der Waals surface area contributed by atoms with Gasteiger partial charge in [-0.1, -0.05) is 24.8 Å². The number of alkyl halides is 1. The zero-order valence-corrected chi connectivity index (χ0v) is 9.65. The second-order valence-electron chi connectivity index (χ2n) is 4.33. The third-order valence-electron chi connectivity index (χ3n) is 2.34. The van der Waals surface area contributed by atoms with Crippen molar-refractivity contribution in [3.8, 4) is 0 Å². The van der Waals surface area contributed by atoms with E-state index in [4.69, 9.17) is 0 Å². The Balaban J connectivity index is 3.82. The Kier molecular flexibility index (Phi) is 5.70. The quantitative estimate of drug-likeness (QED) is 0.569. The van der Waals surface area contributed by atoms with E-state index in [1.807, 2.05) is 19.0 Å². The number of allylic oxidation sites excluding steroid dienone is 2. The van der Waals surface area contributed by atoms with Gasteiger partial charge in [0.2, 0.25) is 0 Å². The maximum atomic E-state index is 13.8. The van der Waals surface area contributed by atoms with Gasteiger partial charge in [-0.05, 0) is 40.3 Å². The van der Waals surface area contributed by atoms with Gasteiger partial charge in [0.25, 0.3) is 0 Å². The van der Waals surface area contributed by atoms with Crippen molar-refractivity contribution in [1.29, 1.82) is 0 Å². The summed E-state index contributed by atoms with van der Waals surface area (Å²) in [5.74, 6) is 0. The van der Waals surface area contributed by atoms with Crippen LogP contribution in [0.5, 0.6) is 0 Å². The molecule has 1 unspecified atom stereocenters. The Morgan fingerprint density at radius 3 is 2.43 bits per heavy atom. The highest BCUT2D eigenvalue weighted by Gasteiger charge is 2.22. The van der Waals surface area contributed by atoms with Crippen LogP contribution in [0, 0.1) is 0 Å². The number of hydrogen-bond acceptors (Lipinski definition) is 1. The summed E-state index contributed by atoms with van der Waals surface area (Å²) < 4.78 is 13.8. The first-order valence-corrected chi connectivity index (χ1v) is 5.01. The molecular formula is C12H22FN. The summed E-state index contributed by atoms with van der Waals surface area (Å²) in [7, 11) is 3.91. The average molecular weight is 199 g/mol. The van der Waals surface area contributed by atoms with E-state index in [0.29, 0.717) is 19.3 Å². The smallest absolute Gasteiger partial charge is 0.109 e. The molecule has 0 aromatic heterocycles. The minimum atomic E-state index is -1.09. The van der Waals surface area contributed by atoms with Crippen LogP contribution >= 0.6 is 0 Å². The topological polar surface area (TPSA) is 3.24 Å². The number of hydrogen-bond donors (Lipinski definition) is 0. The van der Waals surface area contributed by atoms with Crippen molar-refractivity contribution in [2.24, 2.45) is 0 Å². The molecular weight excluding hydrogens is 177 g/mol. The molecule has 0 aliphatic carbocycles. The Labute approximate surface area is 87.3 Å². The van der Waals surface area contributed by atoms with E-state index in [2.05, 4.69) is 13.2 Å². The molecule has 0 spiro atoms. The molecule has 0 heterocycles. The Morgan fingerprint density at radius 1 is 1.43 bits per heavy atom. The molecule has 0 aliphatic heterocycles. The fourth-order valence-corrected chi connectivity index (χ4v) is 1.10. The van der Waals surface area contributed by atoms with Crippen LogP contribution in [-0.2, 0) is 0 Å². The summed E-state index contributed by atoms with van der Waals surface area (Å²) in [6.07, 6.45) is 3.50. The Bertz CT molecular complexity index is 194. The zero-order chi connectivity index (χ0) is 11.2. The van der Waals surface area contributed by atoms with Crippen LogP contribution < -0.4 is 0 Å². The van der Waals surface area contributed by atoms with E-state index in [-0.39, 0.29) is 0 Å². The van der Waals surface area contributed by atoms with E-state index in [1.54, 1.807) is 13.0 Å². The van der Waals surface area contributed by atoms with E-state index >= 15 is 0 Å². The molecule has 0 saturated heterocycles. The van der Waals surface area contributed by atoms with Crippen molar-refractivity contribution in [3.63, 3.8) is 0 Å². The molecule has 14 heavy (non-hydrogen) atoms. The van der Waals surface area contributed by atoms with Crippen LogP contribution in [0.1, 0.15) is 26.2 Å². The fourth-order valence-electron chi connectivity index (χ4n) is 1.10. The third-order valence-corrected chi connectivity index (χ3v) is 2.34. The van der Waals surface area contributed by atoms with Gasteiger partial charge >= 0.3 is 0 Å². The van der Waals surface area contributed by atoms with Gasteiger partial charge in [0.15, 0.2) is 0 Å². The van der Waals surface area contributed by atoms with E-state index < -0.39 is 5.67 Å². The van der Waals surface area contributed by atoms with Crippen molar-refractivity contribution in [1.82, 2.24) is 4.90 Å². The van der Waals surface area contributed by atoms with Crippen LogP contribution in [0.15, 0.2) is 24.8 Å². The summed E-state index contributed by atoms with van der Waals surface area (Å²) in [5.41, 5.74) is -0.172. The summed E-state index contributed by atoms with van der Waals surface area (Å²) in [5, 5.41) is 0. The molecule has 2 heteroatoms. The normalized spacial score (nSPS) is 15.2. The van der Waals surface area contributed by atoms with Gasteiger partial charge in [-0.15, -0.1) is 0 Å². The molecule has 0 fully saturated rings. The summed E-state index contributed by atoms with van der Waals surface area (Å²) in [4.78, 5) is 2.00. The minimum Gasteiger partial charge on any atom is -0.309 e. The third kappa shape index (κ3) is 6.84. The molecule has 1 nitrogen and oxygen atoms in total. The van der Waals surface area contributed by atoms with Gasteiger partial charge in [0.05, 0.1) is 0 Å². The lowest BCUT2D eigenvalue weighted by Gasteiger charge is -2.22. The average Bonchev–Trinajstić information content (AvgIpc) is 2.11. The molecule has 0 saturated carbocycles. The summed E-state index contributed by atoms with van der Waals surface area (Å²) in [6.45, 7) is 9.83.